The van der Waals surface area contributed by atoms with Gasteiger partial charge in [-0.2, -0.15) is 13.2 Å². The van der Waals surface area contributed by atoms with Crippen molar-refractivity contribution in [2.45, 2.75) is 44.8 Å². The van der Waals surface area contributed by atoms with Crippen molar-refractivity contribution in [3.8, 4) is 0 Å². The molecule has 4 nitrogen and oxygen atoms in total. The molecular weight excluding hydrogens is 500 g/mol. The number of guanidine groups is 1. The predicted octanol–water partition coefficient (Wildman–Crippen LogP) is 4.79. The van der Waals surface area contributed by atoms with Gasteiger partial charge in [-0.3, -0.25) is 4.99 Å². The van der Waals surface area contributed by atoms with Crippen LogP contribution in [0.2, 0.25) is 0 Å². The summed E-state index contributed by atoms with van der Waals surface area (Å²) >= 11 is 1.64. The van der Waals surface area contributed by atoms with Crippen LogP contribution in [0, 0.1) is 13.8 Å². The number of thiazole rings is 1. The van der Waals surface area contributed by atoms with Crippen LogP contribution in [0.15, 0.2) is 29.3 Å². The summed E-state index contributed by atoms with van der Waals surface area (Å²) in [5, 5.41) is 7.45. The molecule has 2 aromatic rings. The largest absolute Gasteiger partial charge is 0.416 e. The summed E-state index contributed by atoms with van der Waals surface area (Å²) in [5.41, 5.74) is 0.906. The molecule has 1 aromatic carbocycles. The van der Waals surface area contributed by atoms with Crippen LogP contribution in [0.4, 0.5) is 13.2 Å². The molecule has 0 aliphatic heterocycles. The molecular formula is C19H24F3IN4S. The average Bonchev–Trinajstić information content (AvgIpc) is 3.35. The Kier molecular flexibility index (Phi) is 7.35. The summed E-state index contributed by atoms with van der Waals surface area (Å²) < 4.78 is 39.0. The van der Waals surface area contributed by atoms with Crippen molar-refractivity contribution in [2.75, 3.05) is 13.6 Å². The number of nitrogens with one attached hydrogen (secondary N) is 2. The third-order valence-electron chi connectivity index (χ3n) is 4.95. The van der Waals surface area contributed by atoms with Crippen LogP contribution < -0.4 is 10.6 Å². The lowest BCUT2D eigenvalue weighted by atomic mass is 9.94. The first-order chi connectivity index (χ1) is 12.7. The number of halogens is 4. The predicted molar refractivity (Wildman–Crippen MR) is 118 cm³/mol. The quantitative estimate of drug-likeness (QED) is 0.336. The molecule has 1 saturated carbocycles. The maximum Gasteiger partial charge on any atom is 0.416 e. The van der Waals surface area contributed by atoms with E-state index < -0.39 is 11.7 Å². The highest BCUT2D eigenvalue weighted by Gasteiger charge is 2.45. The molecule has 0 bridgehead atoms. The van der Waals surface area contributed by atoms with Gasteiger partial charge in [0.2, 0.25) is 0 Å². The van der Waals surface area contributed by atoms with E-state index in [9.17, 15) is 13.2 Å². The lowest BCUT2D eigenvalue weighted by Crippen LogP contribution is -2.40. The standard InChI is InChI=1S/C19H23F3N4S.HI/c1-12-13(2)27-16(26-12)10-24-17(23-3)25-11-18(7-8-18)14-5-4-6-15(9-14)19(20,21)22;/h4-6,9H,7-8,10-11H2,1-3H3,(H2,23,24,25);1H. The molecule has 1 aromatic heterocycles. The molecule has 0 unspecified atom stereocenters. The first-order valence-corrected chi connectivity index (χ1v) is 9.60. The maximum atomic E-state index is 13.0. The molecule has 28 heavy (non-hydrogen) atoms. The molecule has 0 saturated heterocycles. The molecule has 1 fully saturated rings. The van der Waals surface area contributed by atoms with Crippen LogP contribution in [0.5, 0.6) is 0 Å². The number of nitrogens with zero attached hydrogens (tertiary/aromatic N) is 2. The van der Waals surface area contributed by atoms with Gasteiger partial charge in [0.1, 0.15) is 5.01 Å². The van der Waals surface area contributed by atoms with E-state index in [2.05, 4.69) is 20.6 Å². The highest BCUT2D eigenvalue weighted by atomic mass is 127. The van der Waals surface area contributed by atoms with Crippen LogP contribution in [0.1, 0.15) is 39.5 Å². The monoisotopic (exact) mass is 524 g/mol. The van der Waals surface area contributed by atoms with Crippen molar-refractivity contribution >= 4 is 41.3 Å². The van der Waals surface area contributed by atoms with Gasteiger partial charge in [0.15, 0.2) is 5.96 Å². The van der Waals surface area contributed by atoms with Crippen LogP contribution in [-0.2, 0) is 18.1 Å². The summed E-state index contributed by atoms with van der Waals surface area (Å²) in [6.45, 7) is 5.13. The van der Waals surface area contributed by atoms with E-state index in [4.69, 9.17) is 0 Å². The van der Waals surface area contributed by atoms with E-state index in [1.54, 1.807) is 24.5 Å². The maximum absolute atomic E-state index is 13.0. The summed E-state index contributed by atoms with van der Waals surface area (Å²) in [5.74, 6) is 0.624. The third-order valence-corrected chi connectivity index (χ3v) is 6.03. The van der Waals surface area contributed by atoms with Crippen molar-refractivity contribution < 1.29 is 13.2 Å². The van der Waals surface area contributed by atoms with Gasteiger partial charge in [-0.25, -0.2) is 4.98 Å². The van der Waals surface area contributed by atoms with Crippen LogP contribution in [-0.4, -0.2) is 24.5 Å². The fraction of sp³-hybridized carbons (Fsp3) is 0.474. The Morgan fingerprint density at radius 2 is 1.96 bits per heavy atom. The average molecular weight is 524 g/mol. The lowest BCUT2D eigenvalue weighted by Gasteiger charge is -2.20. The summed E-state index contributed by atoms with van der Waals surface area (Å²) in [7, 11) is 1.68. The fourth-order valence-electron chi connectivity index (χ4n) is 2.99. The second-order valence-corrected chi connectivity index (χ2v) is 8.18. The molecule has 3 rings (SSSR count). The number of alkyl halides is 3. The molecule has 154 valence electrons. The highest BCUT2D eigenvalue weighted by Crippen LogP contribution is 2.48. The first kappa shape index (κ1) is 22.9. The normalized spacial score (nSPS) is 15.7. The molecule has 1 heterocycles. The number of aromatic nitrogens is 1. The Hall–Kier alpha value is -1.36. The van der Waals surface area contributed by atoms with Gasteiger partial charge in [0.05, 0.1) is 17.8 Å². The second kappa shape index (κ2) is 8.98. The van der Waals surface area contributed by atoms with Gasteiger partial charge in [0, 0.05) is 23.9 Å². The molecule has 2 N–H and O–H groups in total. The van der Waals surface area contributed by atoms with Gasteiger partial charge in [-0.1, -0.05) is 18.2 Å². The molecule has 0 spiro atoms. The van der Waals surface area contributed by atoms with E-state index >= 15 is 0 Å². The second-order valence-electron chi connectivity index (χ2n) is 6.89. The summed E-state index contributed by atoms with van der Waals surface area (Å²) in [4.78, 5) is 9.88. The Morgan fingerprint density at radius 1 is 1.25 bits per heavy atom. The molecule has 9 heteroatoms. The van der Waals surface area contributed by atoms with Gasteiger partial charge in [0.25, 0.3) is 0 Å². The first-order valence-electron chi connectivity index (χ1n) is 8.79. The van der Waals surface area contributed by atoms with Crippen LogP contribution in [0.25, 0.3) is 0 Å². The number of hydrogen-bond donors (Lipinski definition) is 2. The highest BCUT2D eigenvalue weighted by molar-refractivity contribution is 14.0. The molecule has 1 aliphatic rings. The van der Waals surface area contributed by atoms with Crippen molar-refractivity contribution in [3.63, 3.8) is 0 Å². The number of aliphatic imine (C=N–C) groups is 1. The number of hydrogen-bond acceptors (Lipinski definition) is 3. The van der Waals surface area contributed by atoms with Gasteiger partial charge < -0.3 is 10.6 Å². The minimum absolute atomic E-state index is 0. The number of rotatable bonds is 5. The van der Waals surface area contributed by atoms with Crippen molar-refractivity contribution in [1.82, 2.24) is 15.6 Å². The minimum Gasteiger partial charge on any atom is -0.356 e. The third kappa shape index (κ3) is 5.37. The summed E-state index contributed by atoms with van der Waals surface area (Å²) in [6.07, 6.45) is -2.59. The van der Waals surface area contributed by atoms with Gasteiger partial charge in [-0.15, -0.1) is 35.3 Å². The number of aryl methyl sites for hydroxylation is 2. The summed E-state index contributed by atoms with van der Waals surface area (Å²) in [6, 6.07) is 5.65. The molecule has 0 radical (unpaired) electrons. The van der Waals surface area contributed by atoms with E-state index in [1.165, 1.54) is 17.0 Å². The lowest BCUT2D eigenvalue weighted by molar-refractivity contribution is -0.137. The Morgan fingerprint density at radius 3 is 2.50 bits per heavy atom. The topological polar surface area (TPSA) is 49.3 Å². The van der Waals surface area contributed by atoms with Gasteiger partial charge in [-0.05, 0) is 38.3 Å². The minimum atomic E-state index is -4.32. The van der Waals surface area contributed by atoms with Crippen molar-refractivity contribution in [2.24, 2.45) is 4.99 Å². The zero-order valence-electron chi connectivity index (χ0n) is 16.0. The van der Waals surface area contributed by atoms with E-state index in [1.807, 2.05) is 13.8 Å². The number of benzene rings is 1. The van der Waals surface area contributed by atoms with Crippen LogP contribution in [0.3, 0.4) is 0 Å². The molecule has 0 amide bonds. The van der Waals surface area contributed by atoms with Crippen LogP contribution >= 0.6 is 35.3 Å². The molecule has 0 atom stereocenters. The smallest absolute Gasteiger partial charge is 0.356 e. The van der Waals surface area contributed by atoms with Crippen molar-refractivity contribution in [1.29, 1.82) is 0 Å². The Labute approximate surface area is 184 Å². The zero-order valence-corrected chi connectivity index (χ0v) is 19.1. The SMILES string of the molecule is CN=C(NCc1nc(C)c(C)s1)NCC1(c2cccc(C(F)(F)F)c2)CC1.I. The van der Waals surface area contributed by atoms with E-state index in [-0.39, 0.29) is 29.4 Å². The van der Waals surface area contributed by atoms with E-state index in [0.717, 1.165) is 35.2 Å². The fourth-order valence-corrected chi connectivity index (χ4v) is 3.87. The van der Waals surface area contributed by atoms with E-state index in [0.29, 0.717) is 19.0 Å². The zero-order chi connectivity index (χ0) is 19.7. The van der Waals surface area contributed by atoms with Gasteiger partial charge >= 0.3 is 6.18 Å². The van der Waals surface area contributed by atoms with Crippen molar-refractivity contribution in [3.05, 3.63) is 51.0 Å². The Balaban J connectivity index is 0.00000280. The Bertz CT molecular complexity index is 824. The molecule has 1 aliphatic carbocycles.